The minimum Gasteiger partial charge on any atom is -0.483 e. The molecule has 0 spiro atoms. The van der Waals surface area contributed by atoms with Crippen LogP contribution in [0.1, 0.15) is 22.5 Å². The Labute approximate surface area is 166 Å². The minimum absolute atomic E-state index is 0.113. The first-order valence-corrected chi connectivity index (χ1v) is 10.0. The Hall–Kier alpha value is -2.55. The highest BCUT2D eigenvalue weighted by Gasteiger charge is 2.48. The van der Waals surface area contributed by atoms with Crippen LogP contribution in [0.5, 0.6) is 0 Å². The Morgan fingerprint density at radius 1 is 1.39 bits per heavy atom. The van der Waals surface area contributed by atoms with Gasteiger partial charge in [0.05, 0.1) is 11.6 Å². The predicted molar refractivity (Wildman–Crippen MR) is 109 cm³/mol. The van der Waals surface area contributed by atoms with E-state index in [9.17, 15) is 4.79 Å². The molecule has 7 nitrogen and oxygen atoms in total. The number of thiophene rings is 1. The van der Waals surface area contributed by atoms with Crippen molar-refractivity contribution >= 4 is 34.5 Å². The summed E-state index contributed by atoms with van der Waals surface area (Å²) >= 11 is 1.73. The summed E-state index contributed by atoms with van der Waals surface area (Å²) in [5.74, 6) is 0.118. The Balaban J connectivity index is 0.000000604. The number of hydrogen-bond acceptors (Lipinski definition) is 6. The van der Waals surface area contributed by atoms with Gasteiger partial charge in [-0.25, -0.2) is 0 Å². The Bertz CT molecular complexity index is 1030. The van der Waals surface area contributed by atoms with E-state index in [1.54, 1.807) is 11.3 Å². The van der Waals surface area contributed by atoms with E-state index >= 15 is 0 Å². The van der Waals surface area contributed by atoms with Gasteiger partial charge in [-0.15, -0.1) is 11.3 Å². The molecular formula is C20H22N4O3S. The normalized spacial score (nSPS) is 23.6. The molecule has 2 aliphatic heterocycles. The summed E-state index contributed by atoms with van der Waals surface area (Å²) in [5, 5.41) is 20.8. The lowest BCUT2D eigenvalue weighted by molar-refractivity contribution is -0.122. The third kappa shape index (κ3) is 3.13. The number of hydrogen-bond donors (Lipinski definition) is 3. The zero-order chi connectivity index (χ0) is 19.8. The number of rotatable bonds is 3. The number of fused-ring (bicyclic) bond motifs is 3. The van der Waals surface area contributed by atoms with Gasteiger partial charge in [0.1, 0.15) is 5.69 Å². The first-order chi connectivity index (χ1) is 13.5. The molecule has 2 saturated heterocycles. The second kappa shape index (κ2) is 7.46. The number of piperazine rings is 1. The topological polar surface area (TPSA) is 98.3 Å². The van der Waals surface area contributed by atoms with E-state index in [1.807, 2.05) is 6.07 Å². The molecule has 3 aromatic rings. The number of nitrogens with one attached hydrogen (secondary N) is 2. The summed E-state index contributed by atoms with van der Waals surface area (Å²) in [4.78, 5) is 25.0. The Morgan fingerprint density at radius 2 is 2.18 bits per heavy atom. The van der Waals surface area contributed by atoms with Crippen molar-refractivity contribution in [2.24, 2.45) is 0 Å². The monoisotopic (exact) mass is 398 g/mol. The molecule has 0 saturated carbocycles. The first-order valence-electron chi connectivity index (χ1n) is 9.14. The van der Waals surface area contributed by atoms with Crippen LogP contribution in [-0.2, 0) is 4.79 Å². The molecule has 8 heteroatoms. The number of nitrogens with zero attached hydrogens (tertiary/aromatic N) is 2. The second-order valence-corrected chi connectivity index (χ2v) is 8.22. The van der Waals surface area contributed by atoms with Crippen LogP contribution in [0, 0.1) is 6.92 Å². The lowest BCUT2D eigenvalue weighted by Crippen LogP contribution is -2.53. The average Bonchev–Trinajstić information content (AvgIpc) is 3.44. The van der Waals surface area contributed by atoms with Gasteiger partial charge in [0.2, 0.25) is 5.78 Å². The second-order valence-electron chi connectivity index (χ2n) is 7.31. The standard InChI is InChI=1S/C19H20N4OS.CH2O2/c1-10-5-16(25-9-10)11-3-4-14-13(6-11)17(22-21-14)19(24)18-15-7-12(8-20-15)23(18)2;2-1-3/h3-6,9,12,15,18,20H,7-8H2,1-2H3,(H,21,22);1H,(H,2,3)/t12-,15+,18?;/m0./s1. The fourth-order valence-corrected chi connectivity index (χ4v) is 5.15. The van der Waals surface area contributed by atoms with Gasteiger partial charge in [0, 0.05) is 28.9 Å². The van der Waals surface area contributed by atoms with Gasteiger partial charge < -0.3 is 10.4 Å². The largest absolute Gasteiger partial charge is 0.483 e. The van der Waals surface area contributed by atoms with E-state index in [2.05, 4.69) is 58.0 Å². The SMILES string of the molecule is Cc1csc(-c2ccc3[nH]nc(C(=O)C4[C@H]5C[C@@H](CN5)N4C)c3c2)c1.O=CO. The molecule has 0 aliphatic carbocycles. The molecular weight excluding hydrogens is 376 g/mol. The van der Waals surface area contributed by atoms with Crippen LogP contribution >= 0.6 is 11.3 Å². The third-order valence-electron chi connectivity index (χ3n) is 5.62. The van der Waals surface area contributed by atoms with E-state index in [0.29, 0.717) is 11.7 Å². The van der Waals surface area contributed by atoms with Gasteiger partial charge in [-0.3, -0.25) is 19.6 Å². The summed E-state index contributed by atoms with van der Waals surface area (Å²) in [7, 11) is 2.06. The molecule has 146 valence electrons. The van der Waals surface area contributed by atoms with E-state index in [-0.39, 0.29) is 24.3 Å². The number of carboxylic acid groups (broad SMARTS) is 1. The Kier molecular flexibility index (Phi) is 5.01. The average molecular weight is 398 g/mol. The lowest BCUT2D eigenvalue weighted by Gasteiger charge is -2.30. The van der Waals surface area contributed by atoms with Crippen molar-refractivity contribution in [3.8, 4) is 10.4 Å². The predicted octanol–water partition coefficient (Wildman–Crippen LogP) is 2.53. The molecule has 0 amide bonds. The van der Waals surface area contributed by atoms with Crippen molar-refractivity contribution in [3.63, 3.8) is 0 Å². The van der Waals surface area contributed by atoms with Crippen LogP contribution in [-0.4, -0.2) is 64.2 Å². The van der Waals surface area contributed by atoms with Crippen molar-refractivity contribution in [3.05, 3.63) is 40.9 Å². The number of benzene rings is 1. The lowest BCUT2D eigenvalue weighted by atomic mass is 10.00. The fourth-order valence-electron chi connectivity index (χ4n) is 4.25. The molecule has 1 aromatic carbocycles. The van der Waals surface area contributed by atoms with Gasteiger partial charge in [0.15, 0.2) is 0 Å². The van der Waals surface area contributed by atoms with Crippen LogP contribution in [0.2, 0.25) is 0 Å². The molecule has 3 N–H and O–H groups in total. The summed E-state index contributed by atoms with van der Waals surface area (Å²) < 4.78 is 0. The molecule has 2 aliphatic rings. The summed E-state index contributed by atoms with van der Waals surface area (Å²) in [6.07, 6.45) is 1.05. The van der Waals surface area contributed by atoms with Crippen LogP contribution < -0.4 is 5.32 Å². The number of ketones is 1. The number of H-pyrrole nitrogens is 1. The van der Waals surface area contributed by atoms with Crippen molar-refractivity contribution < 1.29 is 14.7 Å². The van der Waals surface area contributed by atoms with E-state index in [0.717, 1.165) is 29.4 Å². The maximum Gasteiger partial charge on any atom is 0.290 e. The zero-order valence-corrected chi connectivity index (χ0v) is 16.5. The molecule has 2 aromatic heterocycles. The number of likely N-dealkylation sites (N-methyl/N-ethyl adjacent to an activating group) is 1. The Morgan fingerprint density at radius 3 is 2.82 bits per heavy atom. The molecule has 1 unspecified atom stereocenters. The summed E-state index contributed by atoms with van der Waals surface area (Å²) in [6.45, 7) is 2.83. The maximum atomic E-state index is 13.2. The maximum absolute atomic E-state index is 13.2. The number of carbonyl (C=O) groups excluding carboxylic acids is 1. The smallest absolute Gasteiger partial charge is 0.290 e. The van der Waals surface area contributed by atoms with Gasteiger partial charge in [-0.05, 0) is 55.1 Å². The number of aryl methyl sites for hydroxylation is 1. The fraction of sp³-hybridized carbons (Fsp3) is 0.350. The van der Waals surface area contributed by atoms with E-state index in [4.69, 9.17) is 9.90 Å². The molecule has 3 atom stereocenters. The van der Waals surface area contributed by atoms with E-state index < -0.39 is 0 Å². The zero-order valence-electron chi connectivity index (χ0n) is 15.7. The van der Waals surface area contributed by atoms with Crippen molar-refractivity contribution in [1.29, 1.82) is 0 Å². The van der Waals surface area contributed by atoms with Gasteiger partial charge >= 0.3 is 0 Å². The van der Waals surface area contributed by atoms with Gasteiger partial charge in [0.25, 0.3) is 6.47 Å². The number of carbonyl (C=O) groups is 2. The number of aromatic nitrogens is 2. The third-order valence-corrected chi connectivity index (χ3v) is 6.71. The van der Waals surface area contributed by atoms with Crippen molar-refractivity contribution in [1.82, 2.24) is 20.4 Å². The number of likely N-dealkylation sites (tertiary alicyclic amines) is 1. The number of Topliss-reactive ketones (excluding diaryl/α,β-unsaturated/α-hetero) is 1. The van der Waals surface area contributed by atoms with Crippen molar-refractivity contribution in [2.45, 2.75) is 31.5 Å². The summed E-state index contributed by atoms with van der Waals surface area (Å²) in [5.41, 5.74) is 3.88. The highest BCUT2D eigenvalue weighted by Crippen LogP contribution is 2.33. The molecule has 28 heavy (non-hydrogen) atoms. The quantitative estimate of drug-likeness (QED) is 0.463. The van der Waals surface area contributed by atoms with Crippen LogP contribution in [0.3, 0.4) is 0 Å². The minimum atomic E-state index is -0.250. The number of aromatic amines is 1. The highest BCUT2D eigenvalue weighted by molar-refractivity contribution is 7.13. The highest BCUT2D eigenvalue weighted by atomic mass is 32.1. The van der Waals surface area contributed by atoms with Gasteiger partial charge in [-0.2, -0.15) is 5.10 Å². The van der Waals surface area contributed by atoms with Crippen LogP contribution in [0.15, 0.2) is 29.6 Å². The molecule has 4 heterocycles. The molecule has 2 bridgehead atoms. The first kappa shape index (κ1) is 18.8. The van der Waals surface area contributed by atoms with Gasteiger partial charge in [-0.1, -0.05) is 6.07 Å². The molecule has 5 rings (SSSR count). The van der Waals surface area contributed by atoms with Crippen LogP contribution in [0.25, 0.3) is 21.3 Å². The van der Waals surface area contributed by atoms with Crippen LogP contribution in [0.4, 0.5) is 0 Å². The van der Waals surface area contributed by atoms with Crippen molar-refractivity contribution in [2.75, 3.05) is 13.6 Å². The summed E-state index contributed by atoms with van der Waals surface area (Å²) in [6, 6.07) is 8.99. The molecule has 2 fully saturated rings. The van der Waals surface area contributed by atoms with E-state index in [1.165, 1.54) is 10.4 Å². The molecule has 0 radical (unpaired) electrons.